The smallest absolute Gasteiger partial charge is 0.305 e. The molecular weight excluding hydrogens is 186 g/mol. The number of carbonyl (C=O) groups is 1. The lowest BCUT2D eigenvalue weighted by Gasteiger charge is -2.14. The molecule has 0 bridgehead atoms. The summed E-state index contributed by atoms with van der Waals surface area (Å²) < 4.78 is 9.37. The molecular formula is C9H19NO4. The molecule has 5 nitrogen and oxygen atoms in total. The van der Waals surface area contributed by atoms with Gasteiger partial charge in [0.25, 0.3) is 0 Å². The third-order valence-electron chi connectivity index (χ3n) is 1.81. The highest BCUT2D eigenvalue weighted by Crippen LogP contribution is 1.91. The zero-order chi connectivity index (χ0) is 10.8. The molecule has 14 heavy (non-hydrogen) atoms. The van der Waals surface area contributed by atoms with E-state index in [-0.39, 0.29) is 18.6 Å². The first-order valence-electron chi connectivity index (χ1n) is 4.64. The molecule has 0 spiro atoms. The minimum atomic E-state index is -0.209. The Morgan fingerprint density at radius 3 is 2.71 bits per heavy atom. The SMILES string of the molecule is COCC(CO)NCCCC(=O)OC. The van der Waals surface area contributed by atoms with E-state index in [1.54, 1.807) is 7.11 Å². The summed E-state index contributed by atoms with van der Waals surface area (Å²) in [6, 6.07) is -0.0577. The molecule has 0 fully saturated rings. The average Bonchev–Trinajstić information content (AvgIpc) is 2.22. The predicted octanol–water partition coefficient (Wildman–Crippen LogP) is -0.463. The van der Waals surface area contributed by atoms with Gasteiger partial charge in [0, 0.05) is 13.5 Å². The van der Waals surface area contributed by atoms with Gasteiger partial charge in [-0.15, -0.1) is 0 Å². The summed E-state index contributed by atoms with van der Waals surface area (Å²) in [5.41, 5.74) is 0. The lowest BCUT2D eigenvalue weighted by atomic mass is 10.2. The van der Waals surface area contributed by atoms with E-state index in [1.807, 2.05) is 0 Å². The summed E-state index contributed by atoms with van der Waals surface area (Å²) in [6.07, 6.45) is 1.10. The van der Waals surface area contributed by atoms with Gasteiger partial charge in [0.05, 0.1) is 26.4 Å². The van der Waals surface area contributed by atoms with Crippen LogP contribution in [-0.4, -0.2) is 51.1 Å². The number of hydrogen-bond donors (Lipinski definition) is 2. The summed E-state index contributed by atoms with van der Waals surface area (Å²) >= 11 is 0. The van der Waals surface area contributed by atoms with Gasteiger partial charge in [0.1, 0.15) is 0 Å². The van der Waals surface area contributed by atoms with Crippen molar-refractivity contribution in [2.75, 3.05) is 34.0 Å². The van der Waals surface area contributed by atoms with Crippen LogP contribution in [0.2, 0.25) is 0 Å². The minimum Gasteiger partial charge on any atom is -0.469 e. The Morgan fingerprint density at radius 1 is 1.50 bits per heavy atom. The number of methoxy groups -OCH3 is 2. The average molecular weight is 205 g/mol. The van der Waals surface area contributed by atoms with Crippen LogP contribution in [0.3, 0.4) is 0 Å². The zero-order valence-electron chi connectivity index (χ0n) is 8.78. The molecule has 84 valence electrons. The molecule has 0 saturated heterocycles. The first-order chi connectivity index (χ1) is 6.74. The van der Waals surface area contributed by atoms with Crippen LogP contribution < -0.4 is 5.32 Å². The fraction of sp³-hybridized carbons (Fsp3) is 0.889. The van der Waals surface area contributed by atoms with E-state index in [0.29, 0.717) is 26.0 Å². The first kappa shape index (κ1) is 13.4. The van der Waals surface area contributed by atoms with Gasteiger partial charge in [-0.05, 0) is 13.0 Å². The van der Waals surface area contributed by atoms with E-state index < -0.39 is 0 Å². The molecule has 1 unspecified atom stereocenters. The van der Waals surface area contributed by atoms with Crippen LogP contribution in [0.4, 0.5) is 0 Å². The number of nitrogens with one attached hydrogen (secondary N) is 1. The van der Waals surface area contributed by atoms with Crippen molar-refractivity contribution in [3.05, 3.63) is 0 Å². The molecule has 0 heterocycles. The van der Waals surface area contributed by atoms with E-state index in [2.05, 4.69) is 10.1 Å². The van der Waals surface area contributed by atoms with Crippen molar-refractivity contribution in [1.29, 1.82) is 0 Å². The molecule has 5 heteroatoms. The maximum atomic E-state index is 10.7. The fourth-order valence-electron chi connectivity index (χ4n) is 1.02. The van der Waals surface area contributed by atoms with Crippen LogP contribution in [0.5, 0.6) is 0 Å². The lowest BCUT2D eigenvalue weighted by molar-refractivity contribution is -0.140. The van der Waals surface area contributed by atoms with Crippen LogP contribution in [0, 0.1) is 0 Å². The molecule has 2 N–H and O–H groups in total. The summed E-state index contributed by atoms with van der Waals surface area (Å²) in [6.45, 7) is 1.17. The second kappa shape index (κ2) is 8.93. The standard InChI is InChI=1S/C9H19NO4/c1-13-7-8(6-11)10-5-3-4-9(12)14-2/h8,10-11H,3-7H2,1-2H3. The summed E-state index contributed by atoms with van der Waals surface area (Å²) in [4.78, 5) is 10.7. The Labute approximate surface area is 84.4 Å². The van der Waals surface area contributed by atoms with E-state index in [0.717, 1.165) is 0 Å². The summed E-state index contributed by atoms with van der Waals surface area (Å²) in [5, 5.41) is 11.9. The Balaban J connectivity index is 3.37. The van der Waals surface area contributed by atoms with Crippen molar-refractivity contribution in [1.82, 2.24) is 5.32 Å². The highest BCUT2D eigenvalue weighted by molar-refractivity contribution is 5.69. The van der Waals surface area contributed by atoms with E-state index in [9.17, 15) is 4.79 Å². The third kappa shape index (κ3) is 6.82. The van der Waals surface area contributed by atoms with E-state index in [4.69, 9.17) is 9.84 Å². The van der Waals surface area contributed by atoms with Crippen LogP contribution in [0.1, 0.15) is 12.8 Å². The van der Waals surface area contributed by atoms with Gasteiger partial charge in [-0.2, -0.15) is 0 Å². The van der Waals surface area contributed by atoms with Gasteiger partial charge in [-0.1, -0.05) is 0 Å². The van der Waals surface area contributed by atoms with Crippen molar-refractivity contribution in [2.45, 2.75) is 18.9 Å². The van der Waals surface area contributed by atoms with Crippen LogP contribution in [0.25, 0.3) is 0 Å². The zero-order valence-corrected chi connectivity index (χ0v) is 8.78. The second-order valence-corrected chi connectivity index (χ2v) is 2.97. The van der Waals surface area contributed by atoms with Crippen molar-refractivity contribution in [3.63, 3.8) is 0 Å². The number of rotatable bonds is 8. The number of aliphatic hydroxyl groups is 1. The Bertz CT molecular complexity index is 152. The highest BCUT2D eigenvalue weighted by Gasteiger charge is 2.05. The van der Waals surface area contributed by atoms with Crippen LogP contribution >= 0.6 is 0 Å². The van der Waals surface area contributed by atoms with Crippen LogP contribution in [-0.2, 0) is 14.3 Å². The van der Waals surface area contributed by atoms with Gasteiger partial charge in [0.15, 0.2) is 0 Å². The summed E-state index contributed by atoms with van der Waals surface area (Å²) in [5.74, 6) is -0.209. The molecule has 0 amide bonds. The van der Waals surface area contributed by atoms with Gasteiger partial charge < -0.3 is 19.9 Å². The van der Waals surface area contributed by atoms with Crippen molar-refractivity contribution >= 4 is 5.97 Å². The molecule has 0 aromatic carbocycles. The molecule has 0 aliphatic heterocycles. The lowest BCUT2D eigenvalue weighted by Crippen LogP contribution is -2.37. The molecule has 0 aromatic rings. The summed E-state index contributed by atoms with van der Waals surface area (Å²) in [7, 11) is 2.95. The number of esters is 1. The van der Waals surface area contributed by atoms with E-state index in [1.165, 1.54) is 7.11 Å². The fourth-order valence-corrected chi connectivity index (χ4v) is 1.02. The number of aliphatic hydroxyl groups excluding tert-OH is 1. The highest BCUT2D eigenvalue weighted by atomic mass is 16.5. The number of carbonyl (C=O) groups excluding carboxylic acids is 1. The normalized spacial score (nSPS) is 12.5. The van der Waals surface area contributed by atoms with Gasteiger partial charge in [-0.3, -0.25) is 4.79 Å². The molecule has 0 aliphatic carbocycles. The largest absolute Gasteiger partial charge is 0.469 e. The Morgan fingerprint density at radius 2 is 2.21 bits per heavy atom. The van der Waals surface area contributed by atoms with Crippen LogP contribution in [0.15, 0.2) is 0 Å². The van der Waals surface area contributed by atoms with Gasteiger partial charge in [-0.25, -0.2) is 0 Å². The molecule has 0 aromatic heterocycles. The van der Waals surface area contributed by atoms with Crippen molar-refractivity contribution < 1.29 is 19.4 Å². The van der Waals surface area contributed by atoms with Crippen molar-refractivity contribution in [3.8, 4) is 0 Å². The minimum absolute atomic E-state index is 0.0338. The quantitative estimate of drug-likeness (QED) is 0.414. The first-order valence-corrected chi connectivity index (χ1v) is 4.64. The molecule has 1 atom stereocenters. The topological polar surface area (TPSA) is 67.8 Å². The maximum Gasteiger partial charge on any atom is 0.305 e. The van der Waals surface area contributed by atoms with E-state index >= 15 is 0 Å². The number of hydrogen-bond acceptors (Lipinski definition) is 5. The van der Waals surface area contributed by atoms with Gasteiger partial charge >= 0.3 is 5.97 Å². The Kier molecular flexibility index (Phi) is 8.51. The Hall–Kier alpha value is -0.650. The predicted molar refractivity (Wildman–Crippen MR) is 52.0 cm³/mol. The molecule has 0 radical (unpaired) electrons. The third-order valence-corrected chi connectivity index (χ3v) is 1.81. The molecule has 0 aliphatic rings. The van der Waals surface area contributed by atoms with Gasteiger partial charge in [0.2, 0.25) is 0 Å². The molecule has 0 rings (SSSR count). The number of ether oxygens (including phenoxy) is 2. The monoisotopic (exact) mass is 205 g/mol. The maximum absolute atomic E-state index is 10.7. The molecule has 0 saturated carbocycles. The second-order valence-electron chi connectivity index (χ2n) is 2.97. The van der Waals surface area contributed by atoms with Crippen molar-refractivity contribution in [2.24, 2.45) is 0 Å².